The van der Waals surface area contributed by atoms with Crippen molar-refractivity contribution in [2.24, 2.45) is 0 Å². The minimum absolute atomic E-state index is 0.156. The highest BCUT2D eigenvalue weighted by Crippen LogP contribution is 2.24. The van der Waals surface area contributed by atoms with Crippen LogP contribution >= 0.6 is 0 Å². The molecule has 17 heavy (non-hydrogen) atoms. The molecule has 1 aliphatic rings. The molecule has 3 rings (SSSR count). The Bertz CT molecular complexity index is 541. The molecule has 0 radical (unpaired) electrons. The molecule has 2 atom stereocenters. The van der Waals surface area contributed by atoms with Crippen molar-refractivity contribution in [2.45, 2.75) is 19.4 Å². The Morgan fingerprint density at radius 3 is 3.12 bits per heavy atom. The molecule has 0 aromatic carbocycles. The second-order valence-corrected chi connectivity index (χ2v) is 3.82. The first-order valence-corrected chi connectivity index (χ1v) is 5.31. The molecule has 0 spiro atoms. The third-order valence-electron chi connectivity index (χ3n) is 2.73. The monoisotopic (exact) mass is 236 g/mol. The predicted molar refractivity (Wildman–Crippen MR) is 57.0 cm³/mol. The summed E-state index contributed by atoms with van der Waals surface area (Å²) >= 11 is 0. The molecule has 1 aliphatic heterocycles. The normalized spacial score (nSPS) is 24.6. The van der Waals surface area contributed by atoms with Crippen molar-refractivity contribution < 1.29 is 14.6 Å². The molecule has 2 unspecified atom stereocenters. The Labute approximate surface area is 97.0 Å². The maximum Gasteiger partial charge on any atom is 0.183 e. The highest BCUT2D eigenvalue weighted by molar-refractivity contribution is 5.72. The van der Waals surface area contributed by atoms with Crippen LogP contribution in [0.25, 0.3) is 11.2 Å². The van der Waals surface area contributed by atoms with Crippen LogP contribution in [0.15, 0.2) is 12.7 Å². The Kier molecular flexibility index (Phi) is 2.50. The summed E-state index contributed by atoms with van der Waals surface area (Å²) in [5, 5.41) is 8.94. The quantitative estimate of drug-likeness (QED) is 0.790. The van der Waals surface area contributed by atoms with Gasteiger partial charge in [0, 0.05) is 0 Å². The number of ether oxygens (including phenoxy) is 2. The smallest absolute Gasteiger partial charge is 0.183 e. The van der Waals surface area contributed by atoms with Gasteiger partial charge in [-0.25, -0.2) is 15.0 Å². The number of aliphatic hydroxyl groups is 1. The zero-order valence-electron chi connectivity index (χ0n) is 9.28. The number of hydrogen-bond donors (Lipinski definition) is 1. The van der Waals surface area contributed by atoms with Gasteiger partial charge in [-0.1, -0.05) is 0 Å². The molecule has 7 nitrogen and oxygen atoms in total. The molecular weight excluding hydrogens is 224 g/mol. The third kappa shape index (κ3) is 1.68. The molecule has 0 saturated carbocycles. The van der Waals surface area contributed by atoms with Crippen LogP contribution in [0, 0.1) is 6.92 Å². The van der Waals surface area contributed by atoms with Gasteiger partial charge in [-0.15, -0.1) is 0 Å². The second-order valence-electron chi connectivity index (χ2n) is 3.82. The summed E-state index contributed by atoms with van der Waals surface area (Å²) in [5.74, 6) is 0. The van der Waals surface area contributed by atoms with Gasteiger partial charge in [-0.05, 0) is 6.92 Å². The Hall–Kier alpha value is -1.57. The van der Waals surface area contributed by atoms with Gasteiger partial charge in [0.05, 0.1) is 25.2 Å². The van der Waals surface area contributed by atoms with Gasteiger partial charge >= 0.3 is 0 Å². The van der Waals surface area contributed by atoms with Crippen LogP contribution in [0.4, 0.5) is 0 Å². The lowest BCUT2D eigenvalue weighted by atomic mass is 10.4. The van der Waals surface area contributed by atoms with Gasteiger partial charge in [-0.3, -0.25) is 4.57 Å². The van der Waals surface area contributed by atoms with Gasteiger partial charge in [-0.2, -0.15) is 0 Å². The van der Waals surface area contributed by atoms with Gasteiger partial charge in [0.2, 0.25) is 0 Å². The topological polar surface area (TPSA) is 82.3 Å². The molecule has 0 aliphatic carbocycles. The minimum Gasteiger partial charge on any atom is -0.391 e. The molecule has 90 valence electrons. The van der Waals surface area contributed by atoms with Crippen LogP contribution in [0.5, 0.6) is 0 Å². The van der Waals surface area contributed by atoms with E-state index in [-0.39, 0.29) is 12.8 Å². The third-order valence-corrected chi connectivity index (χ3v) is 2.73. The lowest BCUT2D eigenvalue weighted by Gasteiger charge is -2.11. The second kappa shape index (κ2) is 4.02. The van der Waals surface area contributed by atoms with E-state index in [0.29, 0.717) is 12.3 Å². The molecule has 0 bridgehead atoms. The number of aliphatic hydroxyl groups excluding tert-OH is 1. The summed E-state index contributed by atoms with van der Waals surface area (Å²) in [6.45, 7) is 2.10. The zero-order chi connectivity index (χ0) is 11.8. The van der Waals surface area contributed by atoms with E-state index in [4.69, 9.17) is 14.6 Å². The molecule has 3 heterocycles. The first-order chi connectivity index (χ1) is 8.29. The number of rotatable bonds is 2. The van der Waals surface area contributed by atoms with E-state index in [0.717, 1.165) is 11.2 Å². The SMILES string of the molecule is Cc1ncnc2c1ncn2C1COC(CO)O1. The first-order valence-electron chi connectivity index (χ1n) is 5.31. The van der Waals surface area contributed by atoms with Crippen molar-refractivity contribution in [1.29, 1.82) is 0 Å². The molecule has 2 aromatic rings. The number of aryl methyl sites for hydroxylation is 1. The van der Waals surface area contributed by atoms with Crippen molar-refractivity contribution in [1.82, 2.24) is 19.5 Å². The van der Waals surface area contributed by atoms with Gasteiger partial charge in [0.15, 0.2) is 18.2 Å². The summed E-state index contributed by atoms with van der Waals surface area (Å²) in [4.78, 5) is 12.5. The van der Waals surface area contributed by atoms with Crippen LogP contribution in [-0.2, 0) is 9.47 Å². The Morgan fingerprint density at radius 2 is 2.35 bits per heavy atom. The van der Waals surface area contributed by atoms with Gasteiger partial charge in [0.25, 0.3) is 0 Å². The summed E-state index contributed by atoms with van der Waals surface area (Å²) in [6, 6.07) is 0. The van der Waals surface area contributed by atoms with E-state index in [1.807, 2.05) is 6.92 Å². The Morgan fingerprint density at radius 1 is 1.47 bits per heavy atom. The van der Waals surface area contributed by atoms with E-state index in [1.54, 1.807) is 10.9 Å². The highest BCUT2D eigenvalue weighted by atomic mass is 16.7. The van der Waals surface area contributed by atoms with E-state index >= 15 is 0 Å². The van der Waals surface area contributed by atoms with Gasteiger partial charge in [0.1, 0.15) is 11.8 Å². The summed E-state index contributed by atoms with van der Waals surface area (Å²) in [5.41, 5.74) is 2.29. The van der Waals surface area contributed by atoms with Crippen LogP contribution in [-0.4, -0.2) is 44.1 Å². The Balaban J connectivity index is 1.99. The van der Waals surface area contributed by atoms with Crippen molar-refractivity contribution in [3.63, 3.8) is 0 Å². The summed E-state index contributed by atoms with van der Waals surface area (Å²) in [6.07, 6.45) is 2.28. The highest BCUT2D eigenvalue weighted by Gasteiger charge is 2.28. The van der Waals surface area contributed by atoms with E-state index in [1.165, 1.54) is 6.33 Å². The van der Waals surface area contributed by atoms with Crippen LogP contribution in [0.1, 0.15) is 11.9 Å². The van der Waals surface area contributed by atoms with Crippen LogP contribution < -0.4 is 0 Å². The molecule has 1 N–H and O–H groups in total. The average molecular weight is 236 g/mol. The van der Waals surface area contributed by atoms with Gasteiger partial charge < -0.3 is 14.6 Å². The maximum absolute atomic E-state index is 8.94. The fraction of sp³-hybridized carbons (Fsp3) is 0.500. The lowest BCUT2D eigenvalue weighted by Crippen LogP contribution is -2.15. The molecule has 7 heteroatoms. The molecule has 2 aromatic heterocycles. The number of nitrogens with zero attached hydrogens (tertiary/aromatic N) is 4. The predicted octanol–water partition coefficient (Wildman–Crippen LogP) is -0.00148. The van der Waals surface area contributed by atoms with Crippen molar-refractivity contribution >= 4 is 11.2 Å². The van der Waals surface area contributed by atoms with Crippen molar-refractivity contribution in [3.05, 3.63) is 18.3 Å². The number of hydrogen-bond acceptors (Lipinski definition) is 6. The number of imidazole rings is 1. The first kappa shape index (κ1) is 10.6. The standard InChI is InChI=1S/C10H12N4O3/c1-6-9-10(12-4-11-6)14(5-13-9)7-3-16-8(2-15)17-7/h4-5,7-8,15H,2-3H2,1H3. The fourth-order valence-electron chi connectivity index (χ4n) is 1.86. The van der Waals surface area contributed by atoms with Crippen LogP contribution in [0.3, 0.4) is 0 Å². The van der Waals surface area contributed by atoms with E-state index in [9.17, 15) is 0 Å². The minimum atomic E-state index is -0.569. The largest absolute Gasteiger partial charge is 0.391 e. The fourth-order valence-corrected chi connectivity index (χ4v) is 1.86. The molecule has 1 fully saturated rings. The molecular formula is C10H12N4O3. The average Bonchev–Trinajstić information content (AvgIpc) is 2.94. The molecule has 0 amide bonds. The molecule has 1 saturated heterocycles. The number of fused-ring (bicyclic) bond motifs is 1. The van der Waals surface area contributed by atoms with E-state index in [2.05, 4.69) is 15.0 Å². The number of aromatic nitrogens is 4. The lowest BCUT2D eigenvalue weighted by molar-refractivity contribution is -0.0980. The summed E-state index contributed by atoms with van der Waals surface area (Å²) < 4.78 is 12.5. The van der Waals surface area contributed by atoms with Crippen molar-refractivity contribution in [3.8, 4) is 0 Å². The maximum atomic E-state index is 8.94. The van der Waals surface area contributed by atoms with Crippen molar-refractivity contribution in [2.75, 3.05) is 13.2 Å². The van der Waals surface area contributed by atoms with Crippen LogP contribution in [0.2, 0.25) is 0 Å². The zero-order valence-corrected chi connectivity index (χ0v) is 9.28. The summed E-state index contributed by atoms with van der Waals surface area (Å²) in [7, 11) is 0. The van der Waals surface area contributed by atoms with E-state index < -0.39 is 6.29 Å².